The molecule has 22 heavy (non-hydrogen) atoms. The van der Waals surface area contributed by atoms with Gasteiger partial charge in [-0.2, -0.15) is 0 Å². The van der Waals surface area contributed by atoms with E-state index < -0.39 is 7.82 Å². The van der Waals surface area contributed by atoms with E-state index in [2.05, 4.69) is 0 Å². The van der Waals surface area contributed by atoms with E-state index in [1.807, 2.05) is 51.5 Å². The van der Waals surface area contributed by atoms with Crippen LogP contribution in [0.3, 0.4) is 0 Å². The van der Waals surface area contributed by atoms with Crippen molar-refractivity contribution >= 4 is 7.82 Å². The highest BCUT2D eigenvalue weighted by atomic mass is 31.2. The van der Waals surface area contributed by atoms with Gasteiger partial charge in [0.1, 0.15) is 13.2 Å². The third-order valence-electron chi connectivity index (χ3n) is 2.82. The fourth-order valence-electron chi connectivity index (χ4n) is 1.57. The van der Waals surface area contributed by atoms with Crippen molar-refractivity contribution in [3.05, 3.63) is 35.9 Å². The molecule has 0 heterocycles. The number of nitrogens with zero attached hydrogens (tertiary/aromatic N) is 1. The van der Waals surface area contributed by atoms with Crippen molar-refractivity contribution in [2.45, 2.75) is 13.0 Å². The summed E-state index contributed by atoms with van der Waals surface area (Å²) in [7, 11) is 2.00. The fraction of sp³-hybridized carbons (Fsp3) is 0.600. The van der Waals surface area contributed by atoms with Crippen LogP contribution in [0.2, 0.25) is 0 Å². The summed E-state index contributed by atoms with van der Waals surface area (Å²) in [5.41, 5.74) is 1.10. The maximum Gasteiger partial charge on any atom is 0.472 e. The Hall–Kier alpha value is -0.750. The fourth-order valence-corrected chi connectivity index (χ4v) is 2.32. The molecule has 0 aliphatic rings. The van der Waals surface area contributed by atoms with Crippen LogP contribution < -0.4 is 0 Å². The maximum absolute atomic E-state index is 11.6. The van der Waals surface area contributed by atoms with Gasteiger partial charge in [-0.15, -0.1) is 0 Å². The molecular formula is C15H27NO5P+. The molecule has 0 aliphatic carbocycles. The van der Waals surface area contributed by atoms with Crippen LogP contribution in [-0.4, -0.2) is 56.9 Å². The van der Waals surface area contributed by atoms with Crippen LogP contribution in [0.5, 0.6) is 0 Å². The van der Waals surface area contributed by atoms with Crippen molar-refractivity contribution in [2.24, 2.45) is 0 Å². The average molecular weight is 332 g/mol. The maximum atomic E-state index is 11.6. The summed E-state index contributed by atoms with van der Waals surface area (Å²) in [6.07, 6.45) is 0.538. The molecule has 0 spiro atoms. The molecular weight excluding hydrogens is 305 g/mol. The van der Waals surface area contributed by atoms with Crippen LogP contribution in [0.25, 0.3) is 0 Å². The normalized spacial score (nSPS) is 14.7. The second kappa shape index (κ2) is 9.40. The molecule has 1 unspecified atom stereocenters. The highest BCUT2D eigenvalue weighted by Crippen LogP contribution is 2.43. The molecule has 0 aliphatic heterocycles. The first-order chi connectivity index (χ1) is 10.3. The summed E-state index contributed by atoms with van der Waals surface area (Å²) in [4.78, 5) is 9.51. The molecule has 0 bridgehead atoms. The summed E-state index contributed by atoms with van der Waals surface area (Å²) < 4.78 is 27.6. The predicted octanol–water partition coefficient (Wildman–Crippen LogP) is 2.43. The van der Waals surface area contributed by atoms with E-state index in [-0.39, 0.29) is 13.2 Å². The van der Waals surface area contributed by atoms with Gasteiger partial charge in [-0.3, -0.25) is 9.05 Å². The molecule has 0 saturated heterocycles. The molecule has 1 aromatic rings. The molecule has 1 rings (SSSR count). The zero-order chi connectivity index (χ0) is 16.5. The smallest absolute Gasteiger partial charge is 0.377 e. The topological polar surface area (TPSA) is 65.0 Å². The van der Waals surface area contributed by atoms with E-state index in [0.717, 1.165) is 5.56 Å². The summed E-state index contributed by atoms with van der Waals surface area (Å²) in [6.45, 7) is 1.94. The highest BCUT2D eigenvalue weighted by molar-refractivity contribution is 7.47. The van der Waals surface area contributed by atoms with Crippen LogP contribution >= 0.6 is 7.82 Å². The van der Waals surface area contributed by atoms with Crippen molar-refractivity contribution < 1.29 is 27.7 Å². The standard InChI is InChI=1S/C15H26NO5P/c1-16(2,3)10-13-21-22(17,18)20-12-7-11-19-14-15-8-5-4-6-9-15/h4-6,8-9H,7,10-14H2,1-3H3/p+1. The number of hydrogen-bond donors (Lipinski definition) is 1. The zero-order valence-electron chi connectivity index (χ0n) is 13.6. The Bertz CT molecular complexity index is 461. The lowest BCUT2D eigenvalue weighted by Gasteiger charge is -2.24. The lowest BCUT2D eigenvalue weighted by molar-refractivity contribution is -0.870. The molecule has 7 heteroatoms. The van der Waals surface area contributed by atoms with Crippen molar-refractivity contribution in [1.82, 2.24) is 0 Å². The van der Waals surface area contributed by atoms with E-state index in [1.54, 1.807) is 0 Å². The SMILES string of the molecule is C[N+](C)(C)CCOP(=O)(O)OCCCOCc1ccccc1. The van der Waals surface area contributed by atoms with Gasteiger partial charge in [-0.05, 0) is 12.0 Å². The molecule has 126 valence electrons. The van der Waals surface area contributed by atoms with Crippen LogP contribution in [-0.2, 0) is 25.0 Å². The second-order valence-corrected chi connectivity index (χ2v) is 7.49. The van der Waals surface area contributed by atoms with Gasteiger partial charge in [-0.1, -0.05) is 30.3 Å². The Morgan fingerprint density at radius 1 is 1.05 bits per heavy atom. The van der Waals surface area contributed by atoms with Gasteiger partial charge >= 0.3 is 7.82 Å². The number of phosphoric ester groups is 1. The van der Waals surface area contributed by atoms with E-state index in [1.165, 1.54) is 0 Å². The summed E-state index contributed by atoms with van der Waals surface area (Å²) in [6, 6.07) is 9.84. The number of phosphoric acid groups is 1. The molecule has 1 aromatic carbocycles. The van der Waals surface area contributed by atoms with Crippen molar-refractivity contribution in [2.75, 3.05) is 47.5 Å². The minimum Gasteiger partial charge on any atom is -0.377 e. The van der Waals surface area contributed by atoms with Gasteiger partial charge in [0.2, 0.25) is 0 Å². The molecule has 0 aromatic heterocycles. The van der Waals surface area contributed by atoms with Gasteiger partial charge in [0.25, 0.3) is 0 Å². The van der Waals surface area contributed by atoms with Gasteiger partial charge in [0.05, 0.1) is 34.4 Å². The van der Waals surface area contributed by atoms with Crippen molar-refractivity contribution in [3.63, 3.8) is 0 Å². The summed E-state index contributed by atoms with van der Waals surface area (Å²) in [5, 5.41) is 0. The Morgan fingerprint density at radius 2 is 1.68 bits per heavy atom. The number of likely N-dealkylation sites (N-methyl/N-ethyl adjacent to an activating group) is 1. The zero-order valence-corrected chi connectivity index (χ0v) is 14.5. The predicted molar refractivity (Wildman–Crippen MR) is 85.3 cm³/mol. The number of rotatable bonds is 11. The Balaban J connectivity index is 2.06. The molecule has 0 radical (unpaired) electrons. The van der Waals surface area contributed by atoms with Crippen molar-refractivity contribution in [1.29, 1.82) is 0 Å². The van der Waals surface area contributed by atoms with E-state index >= 15 is 0 Å². The van der Waals surface area contributed by atoms with Crippen LogP contribution in [0.15, 0.2) is 30.3 Å². The first-order valence-corrected chi connectivity index (χ1v) is 8.82. The number of benzene rings is 1. The molecule has 1 atom stereocenters. The summed E-state index contributed by atoms with van der Waals surface area (Å²) in [5.74, 6) is 0. The first kappa shape index (κ1) is 19.3. The quantitative estimate of drug-likeness (QED) is 0.383. The van der Waals surface area contributed by atoms with Crippen LogP contribution in [0, 0.1) is 0 Å². The van der Waals surface area contributed by atoms with Crippen LogP contribution in [0.1, 0.15) is 12.0 Å². The van der Waals surface area contributed by atoms with E-state index in [0.29, 0.717) is 30.7 Å². The van der Waals surface area contributed by atoms with Gasteiger partial charge in [0, 0.05) is 6.61 Å². The Morgan fingerprint density at radius 3 is 2.32 bits per heavy atom. The van der Waals surface area contributed by atoms with E-state index in [4.69, 9.17) is 13.8 Å². The number of hydrogen-bond acceptors (Lipinski definition) is 4. The van der Waals surface area contributed by atoms with Crippen LogP contribution in [0.4, 0.5) is 0 Å². The number of quaternary nitrogens is 1. The van der Waals surface area contributed by atoms with Gasteiger partial charge in [0.15, 0.2) is 0 Å². The minimum absolute atomic E-state index is 0.132. The molecule has 6 nitrogen and oxygen atoms in total. The molecule has 0 saturated carbocycles. The molecule has 1 N–H and O–H groups in total. The summed E-state index contributed by atoms with van der Waals surface area (Å²) >= 11 is 0. The van der Waals surface area contributed by atoms with Gasteiger partial charge < -0.3 is 14.1 Å². The van der Waals surface area contributed by atoms with Gasteiger partial charge in [-0.25, -0.2) is 4.57 Å². The van der Waals surface area contributed by atoms with E-state index in [9.17, 15) is 9.46 Å². The van der Waals surface area contributed by atoms with Crippen molar-refractivity contribution in [3.8, 4) is 0 Å². The first-order valence-electron chi connectivity index (χ1n) is 7.32. The average Bonchev–Trinajstić information content (AvgIpc) is 2.42. The monoisotopic (exact) mass is 332 g/mol. The largest absolute Gasteiger partial charge is 0.472 e. The Kier molecular flexibility index (Phi) is 8.25. The second-order valence-electron chi connectivity index (χ2n) is 6.04. The number of ether oxygens (including phenoxy) is 1. The third kappa shape index (κ3) is 10.1. The third-order valence-corrected chi connectivity index (χ3v) is 3.83. The lowest BCUT2D eigenvalue weighted by Crippen LogP contribution is -2.37. The highest BCUT2D eigenvalue weighted by Gasteiger charge is 2.21. The lowest BCUT2D eigenvalue weighted by atomic mass is 10.2. The Labute approximate surface area is 132 Å². The molecule has 0 amide bonds. The molecule has 0 fully saturated rings. The minimum atomic E-state index is -3.95.